The minimum Gasteiger partial charge on any atom is -0.327 e. The van der Waals surface area contributed by atoms with Crippen molar-refractivity contribution in [2.75, 3.05) is 32.7 Å². The Labute approximate surface area is 156 Å². The van der Waals surface area contributed by atoms with Crippen LogP contribution in [0.1, 0.15) is 24.1 Å². The van der Waals surface area contributed by atoms with Crippen molar-refractivity contribution in [2.24, 2.45) is 0 Å². The molecule has 1 aliphatic rings. The summed E-state index contributed by atoms with van der Waals surface area (Å²) < 4.78 is 12.1. The maximum absolute atomic E-state index is 13.8. The van der Waals surface area contributed by atoms with Crippen LogP contribution in [0.25, 0.3) is 0 Å². The lowest BCUT2D eigenvalue weighted by Gasteiger charge is -2.36. The van der Waals surface area contributed by atoms with E-state index in [4.69, 9.17) is 34.8 Å². The number of halogens is 4. The van der Waals surface area contributed by atoms with Crippen molar-refractivity contribution in [2.45, 2.75) is 23.7 Å². The van der Waals surface area contributed by atoms with Gasteiger partial charge in [-0.3, -0.25) is 0 Å². The van der Waals surface area contributed by atoms with Crippen LogP contribution in [0.4, 0.5) is 9.18 Å². The molecule has 0 aliphatic carbocycles. The molecule has 0 bridgehead atoms. The van der Waals surface area contributed by atoms with Crippen molar-refractivity contribution >= 4 is 40.8 Å². The van der Waals surface area contributed by atoms with Crippen molar-refractivity contribution < 1.29 is 9.18 Å². The molecule has 0 spiro atoms. The van der Waals surface area contributed by atoms with Crippen molar-refractivity contribution in [3.8, 4) is 0 Å². The number of hydrogen-bond donors (Lipinski definition) is 1. The third kappa shape index (κ3) is 4.88. The van der Waals surface area contributed by atoms with E-state index in [1.54, 1.807) is 24.0 Å². The Balaban J connectivity index is 2.12. The second-order valence-electron chi connectivity index (χ2n) is 5.85. The van der Waals surface area contributed by atoms with Gasteiger partial charge in [0.1, 0.15) is 11.9 Å². The molecule has 2 rings (SSSR count). The van der Waals surface area contributed by atoms with Gasteiger partial charge in [-0.05, 0) is 30.7 Å². The standard InChI is InChI=1S/C16H21Cl3FN3O/c1-3-22-6-8-23(9-7-22)15(24)21-14(16(17,18)19)12-5-4-11(2)13(20)10-12/h4-5,10,14H,3,6-9H2,1-2H3,(H,21,24)/t14-/m0/s1. The first-order valence-corrected chi connectivity index (χ1v) is 8.96. The van der Waals surface area contributed by atoms with Gasteiger partial charge in [-0.1, -0.05) is 53.9 Å². The van der Waals surface area contributed by atoms with Crippen molar-refractivity contribution in [1.29, 1.82) is 0 Å². The fourth-order valence-corrected chi connectivity index (χ4v) is 3.17. The monoisotopic (exact) mass is 395 g/mol. The van der Waals surface area contributed by atoms with Crippen molar-refractivity contribution in [1.82, 2.24) is 15.1 Å². The largest absolute Gasteiger partial charge is 0.327 e. The summed E-state index contributed by atoms with van der Waals surface area (Å²) >= 11 is 18.1. The van der Waals surface area contributed by atoms with Crippen LogP contribution in [0.3, 0.4) is 0 Å². The number of likely N-dealkylation sites (N-methyl/N-ethyl adjacent to an activating group) is 1. The molecule has 1 aliphatic heterocycles. The number of nitrogens with one attached hydrogen (secondary N) is 1. The first-order chi connectivity index (χ1) is 11.2. The van der Waals surface area contributed by atoms with Gasteiger partial charge in [-0.25, -0.2) is 9.18 Å². The highest BCUT2D eigenvalue weighted by atomic mass is 35.6. The average Bonchev–Trinajstić information content (AvgIpc) is 2.54. The highest BCUT2D eigenvalue weighted by Crippen LogP contribution is 2.40. The average molecular weight is 397 g/mol. The molecular formula is C16H21Cl3FN3O. The number of amides is 2. The summed E-state index contributed by atoms with van der Waals surface area (Å²) in [4.78, 5) is 16.4. The van der Waals surface area contributed by atoms with Gasteiger partial charge >= 0.3 is 6.03 Å². The van der Waals surface area contributed by atoms with Gasteiger partial charge in [0.05, 0.1) is 0 Å². The Kier molecular flexibility index (Phi) is 6.59. The lowest BCUT2D eigenvalue weighted by Crippen LogP contribution is -2.53. The summed E-state index contributed by atoms with van der Waals surface area (Å²) in [7, 11) is 0. The van der Waals surface area contributed by atoms with Gasteiger partial charge in [0.2, 0.25) is 3.79 Å². The zero-order chi connectivity index (χ0) is 17.9. The molecule has 0 radical (unpaired) electrons. The molecule has 4 nitrogen and oxygen atoms in total. The van der Waals surface area contributed by atoms with Crippen LogP contribution in [0.15, 0.2) is 18.2 Å². The molecule has 1 N–H and O–H groups in total. The van der Waals surface area contributed by atoms with E-state index in [0.29, 0.717) is 24.2 Å². The van der Waals surface area contributed by atoms with E-state index >= 15 is 0 Å². The number of rotatable bonds is 3. The lowest BCUT2D eigenvalue weighted by molar-refractivity contribution is 0.140. The number of nitrogens with zero attached hydrogens (tertiary/aromatic N) is 2. The second-order valence-corrected chi connectivity index (χ2v) is 8.22. The smallest absolute Gasteiger partial charge is 0.318 e. The molecule has 1 aromatic rings. The highest BCUT2D eigenvalue weighted by Gasteiger charge is 2.36. The summed E-state index contributed by atoms with van der Waals surface area (Å²) in [5.41, 5.74) is 0.905. The summed E-state index contributed by atoms with van der Waals surface area (Å²) in [6.45, 7) is 7.51. The molecule has 1 heterocycles. The Bertz CT molecular complexity index is 586. The second kappa shape index (κ2) is 8.09. The third-order valence-electron chi connectivity index (χ3n) is 4.23. The fourth-order valence-electron chi connectivity index (χ4n) is 2.62. The lowest BCUT2D eigenvalue weighted by atomic mass is 10.1. The van der Waals surface area contributed by atoms with E-state index in [1.807, 2.05) is 0 Å². The molecule has 1 atom stereocenters. The van der Waals surface area contributed by atoms with E-state index in [-0.39, 0.29) is 6.03 Å². The number of hydrogen-bond acceptors (Lipinski definition) is 2. The van der Waals surface area contributed by atoms with Gasteiger partial charge in [-0.15, -0.1) is 0 Å². The Hall–Kier alpha value is -0.750. The first kappa shape index (κ1) is 19.6. The Morgan fingerprint density at radius 3 is 2.42 bits per heavy atom. The number of carbonyl (C=O) groups is 1. The van der Waals surface area contributed by atoms with Crippen LogP contribution in [-0.4, -0.2) is 52.3 Å². The van der Waals surface area contributed by atoms with Crippen molar-refractivity contribution in [3.05, 3.63) is 35.1 Å². The van der Waals surface area contributed by atoms with Gasteiger partial charge in [0.25, 0.3) is 0 Å². The maximum atomic E-state index is 13.8. The van der Waals surface area contributed by atoms with Crippen LogP contribution >= 0.6 is 34.8 Å². The molecule has 8 heteroatoms. The summed E-state index contributed by atoms with van der Waals surface area (Å²) in [5.74, 6) is -0.405. The summed E-state index contributed by atoms with van der Waals surface area (Å²) in [5, 5.41) is 2.73. The maximum Gasteiger partial charge on any atom is 0.318 e. The molecule has 24 heavy (non-hydrogen) atoms. The molecule has 0 aromatic heterocycles. The number of alkyl halides is 3. The number of piperazine rings is 1. The SMILES string of the molecule is CCN1CCN(C(=O)N[C@@H](c2ccc(C)c(F)c2)C(Cl)(Cl)Cl)CC1. The number of aryl methyl sites for hydroxylation is 1. The van der Waals surface area contributed by atoms with Crippen molar-refractivity contribution in [3.63, 3.8) is 0 Å². The quantitative estimate of drug-likeness (QED) is 0.787. The predicted octanol–water partition coefficient (Wildman–Crippen LogP) is 3.89. The normalized spacial score (nSPS) is 17.7. The van der Waals surface area contributed by atoms with Gasteiger partial charge in [0, 0.05) is 26.2 Å². The molecule has 2 amide bonds. The molecule has 1 saturated heterocycles. The molecule has 1 fully saturated rings. The van der Waals surface area contributed by atoms with Crippen LogP contribution < -0.4 is 5.32 Å². The Morgan fingerprint density at radius 1 is 1.29 bits per heavy atom. The first-order valence-electron chi connectivity index (χ1n) is 7.83. The van der Waals surface area contributed by atoms with E-state index < -0.39 is 15.7 Å². The van der Waals surface area contributed by atoms with Crippen LogP contribution in [-0.2, 0) is 0 Å². The van der Waals surface area contributed by atoms with Crippen LogP contribution in [0, 0.1) is 12.7 Å². The number of urea groups is 1. The number of carbonyl (C=O) groups excluding carboxylic acids is 1. The third-order valence-corrected chi connectivity index (χ3v) is 4.89. The zero-order valence-corrected chi connectivity index (χ0v) is 15.9. The predicted molar refractivity (Wildman–Crippen MR) is 96.4 cm³/mol. The summed E-state index contributed by atoms with van der Waals surface area (Å²) in [6, 6.07) is 3.29. The topological polar surface area (TPSA) is 35.6 Å². The van der Waals surface area contributed by atoms with E-state index in [1.165, 1.54) is 6.07 Å². The minimum atomic E-state index is -1.79. The summed E-state index contributed by atoms with van der Waals surface area (Å²) in [6.07, 6.45) is 0. The van der Waals surface area contributed by atoms with E-state index in [9.17, 15) is 9.18 Å². The molecule has 1 aromatic carbocycles. The minimum absolute atomic E-state index is 0.317. The van der Waals surface area contributed by atoms with Crippen LogP contribution in [0.2, 0.25) is 0 Å². The fraction of sp³-hybridized carbons (Fsp3) is 0.562. The highest BCUT2D eigenvalue weighted by molar-refractivity contribution is 6.68. The van der Waals surface area contributed by atoms with Crippen LogP contribution in [0.5, 0.6) is 0 Å². The Morgan fingerprint density at radius 2 is 1.92 bits per heavy atom. The molecule has 0 unspecified atom stereocenters. The molecular weight excluding hydrogens is 376 g/mol. The zero-order valence-electron chi connectivity index (χ0n) is 13.7. The molecule has 134 valence electrons. The van der Waals surface area contributed by atoms with Gasteiger partial charge < -0.3 is 15.1 Å². The number of benzene rings is 1. The van der Waals surface area contributed by atoms with Gasteiger partial charge in [0.15, 0.2) is 0 Å². The van der Waals surface area contributed by atoms with Gasteiger partial charge in [-0.2, -0.15) is 0 Å². The van der Waals surface area contributed by atoms with E-state index in [2.05, 4.69) is 17.1 Å². The molecule has 0 saturated carbocycles. The van der Waals surface area contributed by atoms with E-state index in [0.717, 1.165) is 19.6 Å².